The Bertz CT molecular complexity index is 368. The van der Waals surface area contributed by atoms with E-state index in [1.807, 2.05) is 6.92 Å². The molecular weight excluding hydrogens is 235 g/mol. The summed E-state index contributed by atoms with van der Waals surface area (Å²) in [5.41, 5.74) is 5.87. The summed E-state index contributed by atoms with van der Waals surface area (Å²) in [5.74, 6) is -0.202. The molecule has 0 saturated heterocycles. The Morgan fingerprint density at radius 2 is 2.13 bits per heavy atom. The molecule has 3 nitrogen and oxygen atoms in total. The van der Waals surface area contributed by atoms with Crippen molar-refractivity contribution in [1.82, 2.24) is 5.32 Å². The second-order valence-corrected chi connectivity index (χ2v) is 4.05. The van der Waals surface area contributed by atoms with Gasteiger partial charge in [-0.15, -0.1) is 0 Å². The number of rotatable bonds is 3. The summed E-state index contributed by atoms with van der Waals surface area (Å²) in [6, 6.07) is 4.67. The van der Waals surface area contributed by atoms with Crippen LogP contribution in [0, 0.1) is 0 Å². The molecule has 0 aliphatic rings. The third kappa shape index (κ3) is 3.38. The normalized spacial score (nSPS) is 12.3. The molecule has 0 saturated carbocycles. The van der Waals surface area contributed by atoms with Crippen LogP contribution in [0.4, 0.5) is 0 Å². The monoisotopic (exact) mass is 246 g/mol. The van der Waals surface area contributed by atoms with Crippen molar-refractivity contribution in [3.63, 3.8) is 0 Å². The van der Waals surface area contributed by atoms with Crippen molar-refractivity contribution >= 4 is 29.1 Å². The number of carbonyl (C=O) groups excluding carboxylic acids is 1. The predicted molar refractivity (Wildman–Crippen MR) is 62.4 cm³/mol. The molecular formula is C10H12Cl2N2O. The molecule has 1 unspecified atom stereocenters. The predicted octanol–water partition coefficient (Wildman–Crippen LogP) is 2.07. The summed E-state index contributed by atoms with van der Waals surface area (Å²) in [4.78, 5) is 11.6. The highest BCUT2D eigenvalue weighted by Gasteiger charge is 2.09. The molecule has 82 valence electrons. The first-order chi connectivity index (χ1) is 7.04. The summed E-state index contributed by atoms with van der Waals surface area (Å²) < 4.78 is 0. The fraction of sp³-hybridized carbons (Fsp3) is 0.300. The maximum Gasteiger partial charge on any atom is 0.251 e. The molecule has 0 aliphatic carbocycles. The zero-order chi connectivity index (χ0) is 11.4. The molecule has 1 rings (SSSR count). The smallest absolute Gasteiger partial charge is 0.251 e. The van der Waals surface area contributed by atoms with Crippen LogP contribution in [0.25, 0.3) is 0 Å². The highest BCUT2D eigenvalue weighted by atomic mass is 35.5. The van der Waals surface area contributed by atoms with E-state index in [-0.39, 0.29) is 11.9 Å². The molecule has 0 spiro atoms. The van der Waals surface area contributed by atoms with Gasteiger partial charge in [0, 0.05) is 18.2 Å². The average Bonchev–Trinajstić information content (AvgIpc) is 2.21. The van der Waals surface area contributed by atoms with Gasteiger partial charge >= 0.3 is 0 Å². The second kappa shape index (κ2) is 5.35. The highest BCUT2D eigenvalue weighted by Crippen LogP contribution is 2.22. The Morgan fingerprint density at radius 1 is 1.47 bits per heavy atom. The van der Waals surface area contributed by atoms with E-state index in [0.717, 1.165) is 0 Å². The molecule has 0 aliphatic heterocycles. The Kier molecular flexibility index (Phi) is 4.39. The minimum Gasteiger partial charge on any atom is -0.348 e. The minimum atomic E-state index is -0.202. The summed E-state index contributed by atoms with van der Waals surface area (Å²) in [6.07, 6.45) is 0. The number of nitrogens with one attached hydrogen (secondary N) is 1. The van der Waals surface area contributed by atoms with E-state index in [0.29, 0.717) is 22.2 Å². The fourth-order valence-electron chi connectivity index (χ4n) is 1.00. The molecule has 0 fully saturated rings. The first-order valence-electron chi connectivity index (χ1n) is 4.50. The fourth-order valence-corrected chi connectivity index (χ4v) is 1.30. The van der Waals surface area contributed by atoms with Crippen molar-refractivity contribution in [1.29, 1.82) is 0 Å². The van der Waals surface area contributed by atoms with Crippen molar-refractivity contribution in [3.05, 3.63) is 33.8 Å². The SMILES string of the molecule is CC(CN)NC(=O)c1ccc(Cl)c(Cl)c1. The number of hydrogen-bond donors (Lipinski definition) is 2. The number of hydrogen-bond acceptors (Lipinski definition) is 2. The van der Waals surface area contributed by atoms with E-state index < -0.39 is 0 Å². The third-order valence-corrected chi connectivity index (χ3v) is 2.65. The van der Waals surface area contributed by atoms with Crippen LogP contribution in [0.5, 0.6) is 0 Å². The topological polar surface area (TPSA) is 55.1 Å². The van der Waals surface area contributed by atoms with Gasteiger partial charge in [-0.3, -0.25) is 4.79 Å². The summed E-state index contributed by atoms with van der Waals surface area (Å²) in [5, 5.41) is 3.52. The van der Waals surface area contributed by atoms with Crippen LogP contribution in [-0.4, -0.2) is 18.5 Å². The van der Waals surface area contributed by atoms with E-state index in [1.165, 1.54) is 6.07 Å². The summed E-state index contributed by atoms with van der Waals surface area (Å²) in [6.45, 7) is 2.22. The van der Waals surface area contributed by atoms with Gasteiger partial charge in [0.15, 0.2) is 0 Å². The van der Waals surface area contributed by atoms with Gasteiger partial charge in [-0.2, -0.15) is 0 Å². The molecule has 1 atom stereocenters. The van der Waals surface area contributed by atoms with Gasteiger partial charge < -0.3 is 11.1 Å². The minimum absolute atomic E-state index is 0.0630. The van der Waals surface area contributed by atoms with Crippen LogP contribution in [-0.2, 0) is 0 Å². The average molecular weight is 247 g/mol. The van der Waals surface area contributed by atoms with E-state index >= 15 is 0 Å². The lowest BCUT2D eigenvalue weighted by Crippen LogP contribution is -2.37. The molecule has 1 aromatic carbocycles. The summed E-state index contributed by atoms with van der Waals surface area (Å²) in [7, 11) is 0. The zero-order valence-electron chi connectivity index (χ0n) is 8.26. The quantitative estimate of drug-likeness (QED) is 0.859. The lowest BCUT2D eigenvalue weighted by atomic mass is 10.2. The van der Waals surface area contributed by atoms with E-state index in [1.54, 1.807) is 12.1 Å². The van der Waals surface area contributed by atoms with Crippen LogP contribution >= 0.6 is 23.2 Å². The van der Waals surface area contributed by atoms with Gasteiger partial charge in [0.2, 0.25) is 0 Å². The van der Waals surface area contributed by atoms with Gasteiger partial charge in [-0.1, -0.05) is 23.2 Å². The van der Waals surface area contributed by atoms with Gasteiger partial charge in [-0.05, 0) is 25.1 Å². The van der Waals surface area contributed by atoms with Gasteiger partial charge in [-0.25, -0.2) is 0 Å². The number of benzene rings is 1. The number of halogens is 2. The Balaban J connectivity index is 2.78. The van der Waals surface area contributed by atoms with Crippen molar-refractivity contribution in [2.24, 2.45) is 5.73 Å². The lowest BCUT2D eigenvalue weighted by Gasteiger charge is -2.11. The standard InChI is InChI=1S/C10H12Cl2N2O/c1-6(5-13)14-10(15)7-2-3-8(11)9(12)4-7/h2-4,6H,5,13H2,1H3,(H,14,15). The van der Waals surface area contributed by atoms with Crippen molar-refractivity contribution in [2.45, 2.75) is 13.0 Å². The zero-order valence-corrected chi connectivity index (χ0v) is 9.77. The molecule has 0 bridgehead atoms. The van der Waals surface area contributed by atoms with E-state index in [9.17, 15) is 4.79 Å². The molecule has 5 heteroatoms. The second-order valence-electron chi connectivity index (χ2n) is 3.24. The molecule has 0 aromatic heterocycles. The molecule has 0 heterocycles. The number of amides is 1. The summed E-state index contributed by atoms with van der Waals surface area (Å²) >= 11 is 11.5. The van der Waals surface area contributed by atoms with Crippen LogP contribution < -0.4 is 11.1 Å². The van der Waals surface area contributed by atoms with Crippen molar-refractivity contribution < 1.29 is 4.79 Å². The van der Waals surface area contributed by atoms with Crippen LogP contribution in [0.1, 0.15) is 17.3 Å². The van der Waals surface area contributed by atoms with Crippen LogP contribution in [0.2, 0.25) is 10.0 Å². The van der Waals surface area contributed by atoms with E-state index in [4.69, 9.17) is 28.9 Å². The van der Waals surface area contributed by atoms with Crippen molar-refractivity contribution in [2.75, 3.05) is 6.54 Å². The first kappa shape index (κ1) is 12.3. The van der Waals surface area contributed by atoms with Gasteiger partial charge in [0.1, 0.15) is 0 Å². The Hall–Kier alpha value is -0.770. The maximum atomic E-state index is 11.6. The molecule has 15 heavy (non-hydrogen) atoms. The molecule has 1 amide bonds. The van der Waals surface area contributed by atoms with Crippen molar-refractivity contribution in [3.8, 4) is 0 Å². The first-order valence-corrected chi connectivity index (χ1v) is 5.26. The van der Waals surface area contributed by atoms with E-state index in [2.05, 4.69) is 5.32 Å². The molecule has 0 radical (unpaired) electrons. The van der Waals surface area contributed by atoms with Gasteiger partial charge in [0.25, 0.3) is 5.91 Å². The largest absolute Gasteiger partial charge is 0.348 e. The van der Waals surface area contributed by atoms with Gasteiger partial charge in [0.05, 0.1) is 10.0 Å². The Labute approximate surface area is 98.5 Å². The maximum absolute atomic E-state index is 11.6. The molecule has 3 N–H and O–H groups in total. The highest BCUT2D eigenvalue weighted by molar-refractivity contribution is 6.42. The van der Waals surface area contributed by atoms with Crippen LogP contribution in [0.3, 0.4) is 0 Å². The lowest BCUT2D eigenvalue weighted by molar-refractivity contribution is 0.0941. The van der Waals surface area contributed by atoms with Crippen LogP contribution in [0.15, 0.2) is 18.2 Å². The third-order valence-electron chi connectivity index (χ3n) is 1.91. The molecule has 1 aromatic rings. The number of carbonyl (C=O) groups is 1. The Morgan fingerprint density at radius 3 is 2.67 bits per heavy atom. The number of nitrogens with two attached hydrogens (primary N) is 1.